The van der Waals surface area contributed by atoms with Crippen molar-refractivity contribution in [2.45, 2.75) is 32.7 Å². The maximum atomic E-state index is 12.0. The normalized spacial score (nSPS) is 13.4. The highest BCUT2D eigenvalue weighted by molar-refractivity contribution is 5.95. The van der Waals surface area contributed by atoms with Crippen LogP contribution in [0.5, 0.6) is 11.5 Å². The van der Waals surface area contributed by atoms with Crippen LogP contribution in [0.4, 0.5) is 5.69 Å². The highest BCUT2D eigenvalue weighted by atomic mass is 16.5. The predicted molar refractivity (Wildman–Crippen MR) is 128 cm³/mol. The molecule has 2 heterocycles. The number of carbonyl (C=O) groups is 1. The molecule has 6 nitrogen and oxygen atoms in total. The van der Waals surface area contributed by atoms with Gasteiger partial charge in [0.1, 0.15) is 0 Å². The number of benzene rings is 2. The van der Waals surface area contributed by atoms with Crippen LogP contribution < -0.4 is 20.1 Å². The fourth-order valence-corrected chi connectivity index (χ4v) is 4.52. The van der Waals surface area contributed by atoms with E-state index in [0.717, 1.165) is 48.6 Å². The first kappa shape index (κ1) is 21.8. The fourth-order valence-electron chi connectivity index (χ4n) is 4.52. The zero-order chi connectivity index (χ0) is 22.7. The minimum atomic E-state index is -0.401. The summed E-state index contributed by atoms with van der Waals surface area (Å²) in [6.07, 6.45) is 3.29. The van der Waals surface area contributed by atoms with E-state index in [4.69, 9.17) is 15.2 Å². The molecule has 0 atom stereocenters. The lowest BCUT2D eigenvalue weighted by Gasteiger charge is -2.18. The number of carbonyl (C=O) groups excluding carboxylic acids is 1. The van der Waals surface area contributed by atoms with Gasteiger partial charge in [0.2, 0.25) is 0 Å². The van der Waals surface area contributed by atoms with E-state index in [1.807, 2.05) is 31.2 Å². The van der Waals surface area contributed by atoms with Gasteiger partial charge in [-0.1, -0.05) is 18.2 Å². The minimum absolute atomic E-state index is 0.401. The summed E-state index contributed by atoms with van der Waals surface area (Å²) < 4.78 is 13.0. The van der Waals surface area contributed by atoms with Crippen molar-refractivity contribution in [2.75, 3.05) is 32.2 Å². The molecule has 3 aromatic rings. The molecule has 0 spiro atoms. The van der Waals surface area contributed by atoms with E-state index in [2.05, 4.69) is 33.7 Å². The molecular weight excluding hydrogens is 402 g/mol. The first-order valence-electron chi connectivity index (χ1n) is 11.1. The molecule has 2 N–H and O–H groups in total. The smallest absolute Gasteiger partial charge is 0.250 e. The lowest BCUT2D eigenvalue weighted by Crippen LogP contribution is -2.17. The Labute approximate surface area is 189 Å². The molecule has 4 rings (SSSR count). The Hall–Kier alpha value is -3.41. The minimum Gasteiger partial charge on any atom is -0.493 e. The number of hydrogen-bond acceptors (Lipinski definition) is 4. The van der Waals surface area contributed by atoms with Gasteiger partial charge in [0.25, 0.3) is 5.91 Å². The molecule has 2 aromatic carbocycles. The van der Waals surface area contributed by atoms with Crippen LogP contribution in [-0.4, -0.2) is 37.8 Å². The summed E-state index contributed by atoms with van der Waals surface area (Å²) in [6, 6.07) is 16.5. The van der Waals surface area contributed by atoms with Crippen LogP contribution in [0.25, 0.3) is 11.3 Å². The first-order chi connectivity index (χ1) is 15.5. The average molecular weight is 434 g/mol. The van der Waals surface area contributed by atoms with Crippen molar-refractivity contribution in [2.24, 2.45) is 5.73 Å². The summed E-state index contributed by atoms with van der Waals surface area (Å²) in [5, 5.41) is 0. The molecule has 1 saturated heterocycles. The zero-order valence-electron chi connectivity index (χ0n) is 19.1. The molecule has 0 aliphatic carbocycles. The van der Waals surface area contributed by atoms with E-state index in [1.54, 1.807) is 14.2 Å². The maximum Gasteiger partial charge on any atom is 0.250 e. The molecule has 1 fully saturated rings. The van der Waals surface area contributed by atoms with Crippen molar-refractivity contribution in [1.82, 2.24) is 4.57 Å². The van der Waals surface area contributed by atoms with Crippen molar-refractivity contribution in [3.8, 4) is 22.8 Å². The van der Waals surface area contributed by atoms with Crippen molar-refractivity contribution < 1.29 is 14.3 Å². The Morgan fingerprint density at radius 2 is 1.66 bits per heavy atom. The number of hydrogen-bond donors (Lipinski definition) is 1. The quantitative estimate of drug-likeness (QED) is 0.571. The third kappa shape index (κ3) is 4.31. The van der Waals surface area contributed by atoms with Crippen LogP contribution in [-0.2, 0) is 13.0 Å². The molecule has 1 aromatic heterocycles. The molecule has 6 heteroatoms. The molecule has 0 unspecified atom stereocenters. The number of aryl methyl sites for hydroxylation is 1. The Morgan fingerprint density at radius 1 is 0.969 bits per heavy atom. The van der Waals surface area contributed by atoms with E-state index >= 15 is 0 Å². The zero-order valence-corrected chi connectivity index (χ0v) is 19.1. The number of nitrogens with two attached hydrogens (primary N) is 1. The molecule has 0 saturated carbocycles. The molecule has 32 heavy (non-hydrogen) atoms. The van der Waals surface area contributed by atoms with E-state index < -0.39 is 5.91 Å². The summed E-state index contributed by atoms with van der Waals surface area (Å²) in [6.45, 7) is 4.91. The van der Waals surface area contributed by atoms with Crippen LogP contribution in [0.3, 0.4) is 0 Å². The molecule has 1 aliphatic rings. The maximum absolute atomic E-state index is 12.0. The van der Waals surface area contributed by atoms with Crippen molar-refractivity contribution in [1.29, 1.82) is 0 Å². The van der Waals surface area contributed by atoms with Gasteiger partial charge in [-0.3, -0.25) is 4.79 Å². The van der Waals surface area contributed by atoms with Crippen molar-refractivity contribution >= 4 is 11.6 Å². The number of rotatable bonds is 8. The number of methoxy groups -OCH3 is 2. The third-order valence-corrected chi connectivity index (χ3v) is 6.34. The number of ether oxygens (including phenoxy) is 2. The van der Waals surface area contributed by atoms with Gasteiger partial charge >= 0.3 is 0 Å². The summed E-state index contributed by atoms with van der Waals surface area (Å²) in [4.78, 5) is 14.5. The SMILES string of the molecule is COc1ccc(CCn2c(-c3ccc(N4CCCC4)cc3)cc(C(N)=O)c2C)cc1OC. The summed E-state index contributed by atoms with van der Waals surface area (Å²) in [7, 11) is 3.27. The highest BCUT2D eigenvalue weighted by Gasteiger charge is 2.18. The second kappa shape index (κ2) is 9.39. The van der Waals surface area contributed by atoms with Crippen LogP contribution in [0.1, 0.15) is 34.5 Å². The van der Waals surface area contributed by atoms with Gasteiger partial charge in [-0.15, -0.1) is 0 Å². The summed E-state index contributed by atoms with van der Waals surface area (Å²) >= 11 is 0. The molecule has 168 valence electrons. The Kier molecular flexibility index (Phi) is 6.40. The topological polar surface area (TPSA) is 69.7 Å². The van der Waals surface area contributed by atoms with Crippen LogP contribution in [0.2, 0.25) is 0 Å². The van der Waals surface area contributed by atoms with Crippen molar-refractivity contribution in [3.05, 3.63) is 65.4 Å². The van der Waals surface area contributed by atoms with Crippen molar-refractivity contribution in [3.63, 3.8) is 0 Å². The Bertz CT molecular complexity index is 1100. The molecule has 0 bridgehead atoms. The monoisotopic (exact) mass is 433 g/mol. The summed E-state index contributed by atoms with van der Waals surface area (Å²) in [5.74, 6) is 1.02. The van der Waals surface area contributed by atoms with Crippen LogP contribution in [0, 0.1) is 6.92 Å². The van der Waals surface area contributed by atoms with Gasteiger partial charge in [0, 0.05) is 36.7 Å². The largest absolute Gasteiger partial charge is 0.493 e. The molecular formula is C26H31N3O3. The van der Waals surface area contributed by atoms with Gasteiger partial charge in [-0.2, -0.15) is 0 Å². The second-order valence-corrected chi connectivity index (χ2v) is 8.22. The van der Waals surface area contributed by atoms with Crippen LogP contribution >= 0.6 is 0 Å². The number of nitrogens with zero attached hydrogens (tertiary/aromatic N) is 2. The average Bonchev–Trinajstić information content (AvgIpc) is 3.46. The predicted octanol–water partition coefficient (Wildman–Crippen LogP) is 4.42. The fraction of sp³-hybridized carbons (Fsp3) is 0.346. The van der Waals surface area contributed by atoms with E-state index in [0.29, 0.717) is 17.1 Å². The first-order valence-corrected chi connectivity index (χ1v) is 11.1. The highest BCUT2D eigenvalue weighted by Crippen LogP contribution is 2.31. The summed E-state index contributed by atoms with van der Waals surface area (Å²) in [5.41, 5.74) is 11.6. The van der Waals surface area contributed by atoms with E-state index in [9.17, 15) is 4.79 Å². The van der Waals surface area contributed by atoms with E-state index in [1.165, 1.54) is 18.5 Å². The standard InChI is InChI=1S/C26H31N3O3/c1-18-22(26(27)30)17-23(20-7-9-21(10-8-20)28-13-4-5-14-28)29(18)15-12-19-6-11-24(31-2)25(16-19)32-3/h6-11,16-17H,4-5,12-15H2,1-3H3,(H2,27,30). The van der Waals surface area contributed by atoms with Gasteiger partial charge in [0.15, 0.2) is 11.5 Å². The molecule has 1 aliphatic heterocycles. The number of anilines is 1. The number of primary amides is 1. The van der Waals surface area contributed by atoms with Gasteiger partial charge in [-0.25, -0.2) is 0 Å². The molecule has 1 amide bonds. The Morgan fingerprint density at radius 3 is 2.28 bits per heavy atom. The van der Waals surface area contributed by atoms with Gasteiger partial charge in [-0.05, 0) is 67.6 Å². The number of aromatic nitrogens is 1. The van der Waals surface area contributed by atoms with Gasteiger partial charge in [0.05, 0.1) is 19.8 Å². The van der Waals surface area contributed by atoms with E-state index in [-0.39, 0.29) is 0 Å². The molecule has 0 radical (unpaired) electrons. The lowest BCUT2D eigenvalue weighted by molar-refractivity contribution is 0.0999. The number of amides is 1. The lowest BCUT2D eigenvalue weighted by atomic mass is 10.1. The third-order valence-electron chi connectivity index (χ3n) is 6.34. The van der Waals surface area contributed by atoms with Gasteiger partial charge < -0.3 is 24.7 Å². The second-order valence-electron chi connectivity index (χ2n) is 8.22. The van der Waals surface area contributed by atoms with Crippen LogP contribution in [0.15, 0.2) is 48.5 Å². The Balaban J connectivity index is 1.62.